The Morgan fingerprint density at radius 1 is 0.789 bits per heavy atom. The second kappa shape index (κ2) is 10.0. The van der Waals surface area contributed by atoms with Gasteiger partial charge in [0.2, 0.25) is 0 Å². The number of rotatable bonds is 1. The number of alkyl halides is 6. The molecule has 19 heavy (non-hydrogen) atoms. The first-order chi connectivity index (χ1) is 8.02. The average Bonchev–Trinajstić information content (AvgIpc) is 2.31. The molecule has 0 atom stereocenters. The SMILES string of the molecule is Cl[C@H]1[C@H](Cl)[C@@H](Cl)[C@@H](Cl)[C@H](Cl)[C@H]1Cl.O=P(O)(O)OF.S. The Morgan fingerprint density at radius 3 is 0.947 bits per heavy atom. The van der Waals surface area contributed by atoms with Crippen LogP contribution in [0.4, 0.5) is 4.53 Å². The van der Waals surface area contributed by atoms with E-state index in [2.05, 4.69) is 4.73 Å². The van der Waals surface area contributed by atoms with Crippen molar-refractivity contribution in [3.63, 3.8) is 0 Å². The molecule has 0 saturated heterocycles. The van der Waals surface area contributed by atoms with E-state index in [1.807, 2.05) is 0 Å². The Labute approximate surface area is 146 Å². The average molecular weight is 441 g/mol. The van der Waals surface area contributed by atoms with Crippen molar-refractivity contribution in [3.8, 4) is 0 Å². The summed E-state index contributed by atoms with van der Waals surface area (Å²) in [5.41, 5.74) is 0. The fraction of sp³-hybridized carbons (Fsp3) is 1.00. The minimum atomic E-state index is -4.81. The number of halogens is 7. The maximum absolute atomic E-state index is 10.2. The van der Waals surface area contributed by atoms with Crippen LogP contribution in [0.5, 0.6) is 0 Å². The minimum Gasteiger partial charge on any atom is -0.301 e. The highest BCUT2D eigenvalue weighted by Crippen LogP contribution is 2.39. The fourth-order valence-electron chi connectivity index (χ4n) is 1.05. The molecule has 0 unspecified atom stereocenters. The molecular weight excluding hydrogens is 431 g/mol. The van der Waals surface area contributed by atoms with Gasteiger partial charge in [-0.1, -0.05) is 4.73 Å². The Balaban J connectivity index is 0. The summed E-state index contributed by atoms with van der Waals surface area (Å²) in [6.07, 6.45) is 0. The smallest absolute Gasteiger partial charge is 0.301 e. The van der Waals surface area contributed by atoms with Crippen molar-refractivity contribution in [2.75, 3.05) is 0 Å². The molecule has 0 amide bonds. The summed E-state index contributed by atoms with van der Waals surface area (Å²) in [4.78, 5) is 14.7. The van der Waals surface area contributed by atoms with Gasteiger partial charge >= 0.3 is 7.82 Å². The summed E-state index contributed by atoms with van der Waals surface area (Å²) in [7, 11) is -4.81. The fourth-order valence-corrected chi connectivity index (χ4v) is 3.38. The Kier molecular flexibility index (Phi) is 12.3. The molecule has 0 heterocycles. The zero-order valence-corrected chi connectivity index (χ0v) is 15.2. The van der Waals surface area contributed by atoms with E-state index in [0.717, 1.165) is 0 Å². The number of hydrogen-bond acceptors (Lipinski definition) is 2. The first-order valence-corrected chi connectivity index (χ1v) is 8.38. The monoisotopic (exact) mass is 438 g/mol. The minimum absolute atomic E-state index is 0. The molecule has 13 heteroatoms. The lowest BCUT2D eigenvalue weighted by atomic mass is 9.97. The van der Waals surface area contributed by atoms with Crippen molar-refractivity contribution in [2.45, 2.75) is 32.3 Å². The maximum Gasteiger partial charge on any atom is 0.500 e. The largest absolute Gasteiger partial charge is 0.500 e. The van der Waals surface area contributed by atoms with Gasteiger partial charge in [-0.3, -0.25) is 0 Å². The molecule has 1 saturated carbocycles. The summed E-state index contributed by atoms with van der Waals surface area (Å²) >= 11 is 35.3. The lowest BCUT2D eigenvalue weighted by Gasteiger charge is -2.37. The number of hydrogen-bond donors (Lipinski definition) is 2. The van der Waals surface area contributed by atoms with Crippen molar-refractivity contribution < 1.29 is 23.6 Å². The second-order valence-electron chi connectivity index (χ2n) is 3.23. The van der Waals surface area contributed by atoms with Gasteiger partial charge in [-0.15, -0.1) is 69.6 Å². The van der Waals surface area contributed by atoms with Crippen molar-refractivity contribution in [1.29, 1.82) is 0 Å². The van der Waals surface area contributed by atoms with Gasteiger partial charge in [0.25, 0.3) is 0 Å². The predicted molar refractivity (Wildman–Crippen MR) is 82.5 cm³/mol. The Hall–Kier alpha value is 2.13. The summed E-state index contributed by atoms with van der Waals surface area (Å²) in [5.74, 6) is 0. The molecule has 118 valence electrons. The summed E-state index contributed by atoms with van der Waals surface area (Å²) in [6, 6.07) is 0. The first-order valence-electron chi connectivity index (χ1n) is 4.23. The number of phosphoric acid groups is 1. The van der Waals surface area contributed by atoms with Crippen molar-refractivity contribution >= 4 is 90.9 Å². The standard InChI is InChI=1S/C6H6Cl6.FH2O4P.H2S/c7-1-2(8)4(10)6(12)5(11)3(1)9;1-5-6(2,3)4;/h1-6H;(H2,2,3,4);1H2/t1-,2-,3-,4+,5+,6+;;. The zero-order valence-electron chi connectivity index (χ0n) is 8.77. The highest BCUT2D eigenvalue weighted by molar-refractivity contribution is 7.59. The topological polar surface area (TPSA) is 66.8 Å². The van der Waals surface area contributed by atoms with E-state index in [0.29, 0.717) is 0 Å². The van der Waals surface area contributed by atoms with Gasteiger partial charge in [-0.05, 0) is 4.53 Å². The molecule has 0 radical (unpaired) electrons. The van der Waals surface area contributed by atoms with Gasteiger partial charge in [-0.25, -0.2) is 4.57 Å². The zero-order chi connectivity index (χ0) is 14.7. The predicted octanol–water partition coefficient (Wildman–Crippen LogP) is 3.74. The first kappa shape index (κ1) is 23.4. The second-order valence-corrected chi connectivity index (χ2v) is 7.37. The van der Waals surface area contributed by atoms with Gasteiger partial charge in [0.1, 0.15) is 0 Å². The van der Waals surface area contributed by atoms with Crippen LogP contribution in [-0.4, -0.2) is 42.0 Å². The van der Waals surface area contributed by atoms with E-state index in [4.69, 9.17) is 84.0 Å². The molecule has 1 rings (SSSR count). The molecule has 0 aromatic heterocycles. The lowest BCUT2D eigenvalue weighted by Crippen LogP contribution is -2.52. The van der Waals surface area contributed by atoms with Crippen molar-refractivity contribution in [1.82, 2.24) is 0 Å². The normalized spacial score (nSPS) is 38.8. The summed E-state index contributed by atoms with van der Waals surface area (Å²) in [6.45, 7) is 0. The van der Waals surface area contributed by atoms with E-state index in [1.165, 1.54) is 0 Å². The molecule has 0 aromatic rings. The van der Waals surface area contributed by atoms with Gasteiger partial charge < -0.3 is 9.79 Å². The van der Waals surface area contributed by atoms with Gasteiger partial charge in [0, 0.05) is 0 Å². The molecule has 1 fully saturated rings. The molecule has 4 nitrogen and oxygen atoms in total. The molecule has 0 aromatic carbocycles. The summed E-state index contributed by atoms with van der Waals surface area (Å²) in [5, 5.41) is -2.62. The van der Waals surface area contributed by atoms with E-state index in [1.54, 1.807) is 0 Å². The van der Waals surface area contributed by atoms with Crippen molar-refractivity contribution in [3.05, 3.63) is 0 Å². The maximum atomic E-state index is 10.2. The quantitative estimate of drug-likeness (QED) is 0.481. The van der Waals surface area contributed by atoms with Crippen LogP contribution in [0.3, 0.4) is 0 Å². The van der Waals surface area contributed by atoms with Crippen LogP contribution >= 0.6 is 90.9 Å². The van der Waals surface area contributed by atoms with Gasteiger partial charge in [0.15, 0.2) is 0 Å². The third kappa shape index (κ3) is 7.80. The van der Waals surface area contributed by atoms with Crippen LogP contribution in [0.15, 0.2) is 0 Å². The van der Waals surface area contributed by atoms with Crippen LogP contribution in [0, 0.1) is 0 Å². The highest BCUT2D eigenvalue weighted by atomic mass is 35.5. The van der Waals surface area contributed by atoms with Crippen LogP contribution in [0.2, 0.25) is 0 Å². The Morgan fingerprint density at radius 2 is 0.895 bits per heavy atom. The van der Waals surface area contributed by atoms with E-state index in [9.17, 15) is 4.53 Å². The van der Waals surface area contributed by atoms with Gasteiger partial charge in [0.05, 0.1) is 32.3 Å². The van der Waals surface area contributed by atoms with Crippen molar-refractivity contribution in [2.24, 2.45) is 0 Å². The van der Waals surface area contributed by atoms with Crippen LogP contribution < -0.4 is 0 Å². The third-order valence-corrected chi connectivity index (χ3v) is 6.13. The van der Waals surface area contributed by atoms with Crippen LogP contribution in [0.1, 0.15) is 0 Å². The van der Waals surface area contributed by atoms with E-state index >= 15 is 0 Å². The third-order valence-electron chi connectivity index (χ3n) is 1.92. The molecular formula is C6H10Cl6FO4PS. The Bertz CT molecular complexity index is 253. The molecule has 1 aliphatic rings. The molecule has 2 N–H and O–H groups in total. The van der Waals surface area contributed by atoms with Crippen LogP contribution in [-0.2, 0) is 9.29 Å². The molecule has 0 bridgehead atoms. The molecule has 0 spiro atoms. The van der Waals surface area contributed by atoms with Gasteiger partial charge in [-0.2, -0.15) is 13.5 Å². The van der Waals surface area contributed by atoms with E-state index in [-0.39, 0.29) is 13.5 Å². The van der Waals surface area contributed by atoms with Crippen LogP contribution in [0.25, 0.3) is 0 Å². The van der Waals surface area contributed by atoms with E-state index < -0.39 is 40.1 Å². The highest BCUT2D eigenvalue weighted by Gasteiger charge is 2.46. The summed E-state index contributed by atoms with van der Waals surface area (Å²) < 4.78 is 21.4. The lowest BCUT2D eigenvalue weighted by molar-refractivity contribution is -0.0389. The molecule has 0 aliphatic heterocycles. The molecule has 1 aliphatic carbocycles.